The van der Waals surface area contributed by atoms with E-state index in [1.54, 1.807) is 11.8 Å². The monoisotopic (exact) mass is 361 g/mol. The van der Waals surface area contributed by atoms with Gasteiger partial charge in [-0.2, -0.15) is 0 Å². The molecule has 4 heterocycles. The second-order valence-corrected chi connectivity index (χ2v) is 7.81. The van der Waals surface area contributed by atoms with Crippen molar-refractivity contribution in [1.29, 1.82) is 0 Å². The van der Waals surface area contributed by atoms with Gasteiger partial charge in [-0.3, -0.25) is 9.88 Å². The van der Waals surface area contributed by atoms with Gasteiger partial charge in [0.1, 0.15) is 5.16 Å². The first-order chi connectivity index (χ1) is 11.6. The fourth-order valence-corrected chi connectivity index (χ4v) is 4.58. The molecule has 24 heavy (non-hydrogen) atoms. The second kappa shape index (κ2) is 6.44. The van der Waals surface area contributed by atoms with E-state index in [-0.39, 0.29) is 11.4 Å². The van der Waals surface area contributed by atoms with Crippen molar-refractivity contribution in [3.63, 3.8) is 0 Å². The number of halogens is 1. The van der Waals surface area contributed by atoms with Crippen LogP contribution in [0.2, 0.25) is 0 Å². The van der Waals surface area contributed by atoms with Crippen molar-refractivity contribution in [2.75, 3.05) is 22.9 Å². The minimum Gasteiger partial charge on any atom is -0.368 e. The molecule has 1 fully saturated rings. The van der Waals surface area contributed by atoms with E-state index in [4.69, 9.17) is 23.1 Å². The molecule has 2 atom stereocenters. The minimum absolute atomic E-state index is 0.0479. The minimum atomic E-state index is -0.0479. The largest absolute Gasteiger partial charge is 0.368 e. The first-order valence-electron chi connectivity index (χ1n) is 8.10. The average molecular weight is 362 g/mol. The Labute approximate surface area is 151 Å². The van der Waals surface area contributed by atoms with Crippen LogP contribution in [0.1, 0.15) is 12.8 Å². The summed E-state index contributed by atoms with van der Waals surface area (Å²) >= 11 is 8.19. The predicted octanol–water partition coefficient (Wildman–Crippen LogP) is 2.71. The summed E-state index contributed by atoms with van der Waals surface area (Å²) in [6.45, 7) is 1.85. The van der Waals surface area contributed by atoms with Crippen molar-refractivity contribution >= 4 is 34.7 Å². The van der Waals surface area contributed by atoms with Crippen molar-refractivity contribution in [2.24, 2.45) is 11.5 Å². The summed E-state index contributed by atoms with van der Waals surface area (Å²) in [7, 11) is 0. The van der Waals surface area contributed by atoms with Gasteiger partial charge in [0, 0.05) is 30.2 Å². The quantitative estimate of drug-likeness (QED) is 0.789. The molecule has 1 unspecified atom stereocenters. The molecule has 4 N–H and O–H groups in total. The van der Waals surface area contributed by atoms with Gasteiger partial charge in [-0.15, -0.1) is 11.8 Å². The van der Waals surface area contributed by atoms with E-state index in [2.05, 4.69) is 9.88 Å². The average Bonchev–Trinajstić information content (AvgIpc) is 2.95. The number of pyridine rings is 1. The second-order valence-electron chi connectivity index (χ2n) is 6.20. The Hall–Kier alpha value is -1.47. The van der Waals surface area contributed by atoms with Crippen LogP contribution in [-0.2, 0) is 0 Å². The van der Waals surface area contributed by atoms with Crippen LogP contribution in [0.15, 0.2) is 52.4 Å². The maximum Gasteiger partial charge on any atom is 0.114 e. The van der Waals surface area contributed by atoms with E-state index >= 15 is 0 Å². The summed E-state index contributed by atoms with van der Waals surface area (Å²) in [6, 6.07) is 2.25. The van der Waals surface area contributed by atoms with E-state index in [0.29, 0.717) is 5.16 Å². The van der Waals surface area contributed by atoms with Crippen molar-refractivity contribution in [2.45, 2.75) is 24.3 Å². The van der Waals surface area contributed by atoms with Crippen molar-refractivity contribution in [3.8, 4) is 0 Å². The van der Waals surface area contributed by atoms with Gasteiger partial charge in [-0.1, -0.05) is 11.6 Å². The topological polar surface area (TPSA) is 71.4 Å². The molecule has 1 saturated heterocycles. The highest BCUT2D eigenvalue weighted by atomic mass is 35.5. The fraction of sp³-hybridized carbons (Fsp3) is 0.353. The zero-order chi connectivity index (χ0) is 16.7. The van der Waals surface area contributed by atoms with Crippen LogP contribution < -0.4 is 21.3 Å². The summed E-state index contributed by atoms with van der Waals surface area (Å²) in [4.78, 5) is 9.84. The third-order valence-electron chi connectivity index (χ3n) is 4.48. The first-order valence-corrected chi connectivity index (χ1v) is 9.36. The van der Waals surface area contributed by atoms with Gasteiger partial charge in [-0.05, 0) is 37.1 Å². The molecule has 1 aromatic rings. The summed E-state index contributed by atoms with van der Waals surface area (Å²) in [5.41, 5.74) is 15.4. The fourth-order valence-electron chi connectivity index (χ4n) is 3.41. The van der Waals surface area contributed by atoms with Gasteiger partial charge in [0.25, 0.3) is 0 Å². The zero-order valence-corrected chi connectivity index (χ0v) is 14.8. The number of thioether (sulfide) groups is 1. The van der Waals surface area contributed by atoms with E-state index in [1.165, 1.54) is 0 Å². The molecule has 0 amide bonds. The third kappa shape index (κ3) is 2.84. The molecule has 1 aromatic heterocycles. The van der Waals surface area contributed by atoms with Gasteiger partial charge >= 0.3 is 0 Å². The SMILES string of the molecule is NC1C=C2C(=CC=C(Cl)N2c2cnccc2N2CCC[C@H](N)C2)S1. The van der Waals surface area contributed by atoms with E-state index in [0.717, 1.165) is 47.9 Å². The van der Waals surface area contributed by atoms with Gasteiger partial charge in [0.05, 0.1) is 28.6 Å². The predicted molar refractivity (Wildman–Crippen MR) is 102 cm³/mol. The van der Waals surface area contributed by atoms with Gasteiger partial charge < -0.3 is 16.4 Å². The molecule has 5 nitrogen and oxygen atoms in total. The highest BCUT2D eigenvalue weighted by Crippen LogP contribution is 2.45. The molecule has 0 spiro atoms. The number of hydrogen-bond donors (Lipinski definition) is 2. The number of anilines is 2. The molecule has 7 heteroatoms. The lowest BCUT2D eigenvalue weighted by atomic mass is 10.1. The van der Waals surface area contributed by atoms with E-state index in [9.17, 15) is 0 Å². The van der Waals surface area contributed by atoms with Crippen LogP contribution in [0.3, 0.4) is 0 Å². The molecular formula is C17H20ClN5S. The molecule has 0 aromatic carbocycles. The molecular weight excluding hydrogens is 342 g/mol. The van der Waals surface area contributed by atoms with Crippen LogP contribution in [0.25, 0.3) is 0 Å². The van der Waals surface area contributed by atoms with Crippen molar-refractivity contribution < 1.29 is 0 Å². The number of aromatic nitrogens is 1. The van der Waals surface area contributed by atoms with Crippen molar-refractivity contribution in [1.82, 2.24) is 4.98 Å². The summed E-state index contributed by atoms with van der Waals surface area (Å²) < 4.78 is 0. The van der Waals surface area contributed by atoms with E-state index < -0.39 is 0 Å². The number of piperidine rings is 1. The number of fused-ring (bicyclic) bond motifs is 1. The van der Waals surface area contributed by atoms with Crippen LogP contribution in [0.5, 0.6) is 0 Å². The Morgan fingerprint density at radius 3 is 2.96 bits per heavy atom. The Balaban J connectivity index is 1.75. The van der Waals surface area contributed by atoms with Gasteiger partial charge in [0.2, 0.25) is 0 Å². The summed E-state index contributed by atoms with van der Waals surface area (Å²) in [5.74, 6) is 0. The number of allylic oxidation sites excluding steroid dienone is 2. The van der Waals surface area contributed by atoms with Crippen LogP contribution in [0.4, 0.5) is 11.4 Å². The molecule has 0 saturated carbocycles. The standard InChI is InChI=1S/C17H20ClN5S/c18-16-4-3-15-13(8-17(20)24-15)23(16)14-9-21-6-5-12(14)22-7-1-2-11(19)10-22/h3-6,8-9,11,17H,1-2,7,10,19-20H2/t11-,17?/m0/s1. The zero-order valence-electron chi connectivity index (χ0n) is 13.2. The van der Waals surface area contributed by atoms with Crippen LogP contribution in [-0.4, -0.2) is 29.5 Å². The molecule has 0 aliphatic carbocycles. The summed E-state index contributed by atoms with van der Waals surface area (Å²) in [6.07, 6.45) is 11.8. The lowest BCUT2D eigenvalue weighted by molar-refractivity contribution is 0.506. The van der Waals surface area contributed by atoms with Gasteiger partial charge in [-0.25, -0.2) is 0 Å². The lowest BCUT2D eigenvalue weighted by Crippen LogP contribution is -2.43. The molecule has 0 bridgehead atoms. The van der Waals surface area contributed by atoms with Crippen LogP contribution >= 0.6 is 23.4 Å². The Bertz CT molecular complexity index is 744. The number of nitrogens with zero attached hydrogens (tertiary/aromatic N) is 3. The summed E-state index contributed by atoms with van der Waals surface area (Å²) in [5, 5.41) is 0.600. The Morgan fingerprint density at radius 1 is 1.25 bits per heavy atom. The Morgan fingerprint density at radius 2 is 2.12 bits per heavy atom. The molecule has 4 rings (SSSR count). The number of hydrogen-bond acceptors (Lipinski definition) is 6. The Kier molecular flexibility index (Phi) is 4.30. The maximum atomic E-state index is 6.55. The molecule has 3 aliphatic rings. The van der Waals surface area contributed by atoms with Crippen molar-refractivity contribution in [3.05, 3.63) is 52.4 Å². The first kappa shape index (κ1) is 16.0. The number of rotatable bonds is 2. The lowest BCUT2D eigenvalue weighted by Gasteiger charge is -2.37. The number of nitrogens with two attached hydrogens (primary N) is 2. The molecule has 3 aliphatic heterocycles. The molecule has 0 radical (unpaired) electrons. The third-order valence-corrected chi connectivity index (χ3v) is 5.78. The normalized spacial score (nSPS) is 26.7. The van der Waals surface area contributed by atoms with Crippen LogP contribution in [0, 0.1) is 0 Å². The highest BCUT2D eigenvalue weighted by Gasteiger charge is 2.31. The smallest absolute Gasteiger partial charge is 0.114 e. The van der Waals surface area contributed by atoms with Gasteiger partial charge in [0.15, 0.2) is 0 Å². The maximum absolute atomic E-state index is 6.55. The van der Waals surface area contributed by atoms with E-state index in [1.807, 2.05) is 41.6 Å². The molecule has 126 valence electrons. The highest BCUT2D eigenvalue weighted by molar-refractivity contribution is 8.04.